The summed E-state index contributed by atoms with van der Waals surface area (Å²) in [4.78, 5) is 11.7. The summed E-state index contributed by atoms with van der Waals surface area (Å²) in [7, 11) is 0. The van der Waals surface area contributed by atoms with Crippen LogP contribution >= 0.6 is 11.6 Å². The van der Waals surface area contributed by atoms with Crippen LogP contribution in [0.2, 0.25) is 5.02 Å². The molecule has 0 atom stereocenters. The molecule has 0 aliphatic rings. The second-order valence-corrected chi connectivity index (χ2v) is 5.24. The molecule has 122 valence electrons. The number of rotatable bonds is 5. The third kappa shape index (κ3) is 5.17. The maximum atomic E-state index is 12.9. The normalized spacial score (nSPS) is 11.1. The van der Waals surface area contributed by atoms with Gasteiger partial charge in [0, 0.05) is 17.3 Å². The molecule has 2 N–H and O–H groups in total. The van der Waals surface area contributed by atoms with Crippen molar-refractivity contribution < 1.29 is 18.0 Å². The van der Waals surface area contributed by atoms with Gasteiger partial charge in [0.1, 0.15) is 0 Å². The van der Waals surface area contributed by atoms with Gasteiger partial charge in [0.2, 0.25) is 5.91 Å². The molecule has 2 rings (SSSR count). The van der Waals surface area contributed by atoms with E-state index in [1.165, 1.54) is 12.1 Å². The van der Waals surface area contributed by atoms with E-state index in [0.29, 0.717) is 6.54 Å². The lowest BCUT2D eigenvalue weighted by Gasteiger charge is -2.15. The van der Waals surface area contributed by atoms with Gasteiger partial charge in [-0.1, -0.05) is 41.9 Å². The number of amides is 1. The molecule has 3 nitrogen and oxygen atoms in total. The predicted octanol–water partition coefficient (Wildman–Crippen LogP) is 4.09. The quantitative estimate of drug-likeness (QED) is 0.859. The van der Waals surface area contributed by atoms with Crippen molar-refractivity contribution in [2.75, 3.05) is 11.9 Å². The highest BCUT2D eigenvalue weighted by Gasteiger charge is 2.33. The van der Waals surface area contributed by atoms with E-state index in [-0.39, 0.29) is 17.3 Å². The molecular weight excluding hydrogens is 329 g/mol. The van der Waals surface area contributed by atoms with Crippen LogP contribution in [0.1, 0.15) is 11.1 Å². The Labute approximate surface area is 136 Å². The third-order valence-electron chi connectivity index (χ3n) is 3.06. The Bertz CT molecular complexity index is 675. The first kappa shape index (κ1) is 17.1. The van der Waals surface area contributed by atoms with E-state index < -0.39 is 17.6 Å². The summed E-state index contributed by atoms with van der Waals surface area (Å²) in [6.45, 7) is 0.0473. The van der Waals surface area contributed by atoms with Crippen LogP contribution in [0.25, 0.3) is 0 Å². The summed E-state index contributed by atoms with van der Waals surface area (Å²) >= 11 is 5.60. The van der Waals surface area contributed by atoms with Crippen LogP contribution in [0.4, 0.5) is 18.9 Å². The highest BCUT2D eigenvalue weighted by atomic mass is 35.5. The molecule has 2 aromatic carbocycles. The van der Waals surface area contributed by atoms with Crippen molar-refractivity contribution in [1.29, 1.82) is 0 Å². The molecule has 0 aliphatic heterocycles. The molecule has 0 aliphatic carbocycles. The standard InChI is InChI=1S/C16H14ClF3N2O/c17-12-6-7-14(13(8-12)16(18,19)20)21-10-15(23)22-9-11-4-2-1-3-5-11/h1-8,21H,9-10H2,(H,22,23). The van der Waals surface area contributed by atoms with Crippen molar-refractivity contribution in [3.05, 3.63) is 64.7 Å². The van der Waals surface area contributed by atoms with Crippen LogP contribution in [0, 0.1) is 0 Å². The van der Waals surface area contributed by atoms with Gasteiger partial charge in [0.15, 0.2) is 0 Å². The van der Waals surface area contributed by atoms with Crippen molar-refractivity contribution in [3.8, 4) is 0 Å². The fourth-order valence-corrected chi connectivity index (χ4v) is 2.11. The number of alkyl halides is 3. The SMILES string of the molecule is O=C(CNc1ccc(Cl)cc1C(F)(F)F)NCc1ccccc1. The third-order valence-corrected chi connectivity index (χ3v) is 3.29. The summed E-state index contributed by atoms with van der Waals surface area (Å²) in [5, 5.41) is 5.11. The van der Waals surface area contributed by atoms with Crippen LogP contribution in [0.15, 0.2) is 48.5 Å². The van der Waals surface area contributed by atoms with E-state index >= 15 is 0 Å². The first-order valence-corrected chi connectivity index (χ1v) is 7.15. The minimum atomic E-state index is -4.55. The van der Waals surface area contributed by atoms with Gasteiger partial charge >= 0.3 is 6.18 Å². The van der Waals surface area contributed by atoms with E-state index in [0.717, 1.165) is 11.6 Å². The Morgan fingerprint density at radius 1 is 1.09 bits per heavy atom. The molecule has 0 fully saturated rings. The number of carbonyl (C=O) groups is 1. The molecule has 7 heteroatoms. The Balaban J connectivity index is 1.94. The number of anilines is 1. The fourth-order valence-electron chi connectivity index (χ4n) is 1.94. The molecule has 0 bridgehead atoms. The lowest BCUT2D eigenvalue weighted by Crippen LogP contribution is -2.29. The van der Waals surface area contributed by atoms with Crippen LogP contribution in [0.3, 0.4) is 0 Å². The van der Waals surface area contributed by atoms with E-state index in [2.05, 4.69) is 10.6 Å². The fraction of sp³-hybridized carbons (Fsp3) is 0.188. The number of halogens is 4. The number of hydrogen-bond donors (Lipinski definition) is 2. The van der Waals surface area contributed by atoms with Crippen molar-refractivity contribution in [2.24, 2.45) is 0 Å². The van der Waals surface area contributed by atoms with Gasteiger partial charge in [-0.05, 0) is 23.8 Å². The van der Waals surface area contributed by atoms with Crippen LogP contribution in [-0.2, 0) is 17.5 Å². The summed E-state index contributed by atoms with van der Waals surface area (Å²) in [5.74, 6) is -0.406. The number of nitrogens with one attached hydrogen (secondary N) is 2. The van der Waals surface area contributed by atoms with Crippen LogP contribution in [0.5, 0.6) is 0 Å². The average molecular weight is 343 g/mol. The van der Waals surface area contributed by atoms with Gasteiger partial charge in [-0.15, -0.1) is 0 Å². The smallest absolute Gasteiger partial charge is 0.376 e. The minimum Gasteiger partial charge on any atom is -0.376 e. The predicted molar refractivity (Wildman–Crippen MR) is 83.2 cm³/mol. The molecule has 0 heterocycles. The molecule has 0 radical (unpaired) electrons. The van der Waals surface area contributed by atoms with Crippen molar-refractivity contribution in [1.82, 2.24) is 5.32 Å². The van der Waals surface area contributed by atoms with Gasteiger partial charge in [0.05, 0.1) is 12.1 Å². The number of carbonyl (C=O) groups excluding carboxylic acids is 1. The largest absolute Gasteiger partial charge is 0.418 e. The first-order valence-electron chi connectivity index (χ1n) is 6.77. The topological polar surface area (TPSA) is 41.1 Å². The lowest BCUT2D eigenvalue weighted by molar-refractivity contribution is -0.137. The summed E-state index contributed by atoms with van der Waals surface area (Å²) in [6.07, 6.45) is -4.55. The van der Waals surface area contributed by atoms with Crippen LogP contribution < -0.4 is 10.6 Å². The Kier molecular flexibility index (Phi) is 5.50. The second-order valence-electron chi connectivity index (χ2n) is 4.80. The number of benzene rings is 2. The highest BCUT2D eigenvalue weighted by molar-refractivity contribution is 6.30. The zero-order valence-electron chi connectivity index (χ0n) is 12.0. The van der Waals surface area contributed by atoms with E-state index in [9.17, 15) is 18.0 Å². The Hall–Kier alpha value is -2.21. The molecule has 0 spiro atoms. The lowest BCUT2D eigenvalue weighted by atomic mass is 10.1. The van der Waals surface area contributed by atoms with Crippen molar-refractivity contribution in [2.45, 2.75) is 12.7 Å². The average Bonchev–Trinajstić information content (AvgIpc) is 2.52. The first-order chi connectivity index (χ1) is 10.9. The highest BCUT2D eigenvalue weighted by Crippen LogP contribution is 2.36. The molecule has 0 unspecified atom stereocenters. The van der Waals surface area contributed by atoms with Gasteiger partial charge in [-0.3, -0.25) is 4.79 Å². The van der Waals surface area contributed by atoms with E-state index in [1.54, 1.807) is 0 Å². The molecule has 0 aromatic heterocycles. The van der Waals surface area contributed by atoms with Gasteiger partial charge in [-0.25, -0.2) is 0 Å². The Morgan fingerprint density at radius 2 is 1.78 bits per heavy atom. The summed E-state index contributed by atoms with van der Waals surface area (Å²) in [5.41, 5.74) is -0.180. The second kappa shape index (κ2) is 7.37. The van der Waals surface area contributed by atoms with Gasteiger partial charge in [-0.2, -0.15) is 13.2 Å². The minimum absolute atomic E-state index is 0.0172. The van der Waals surface area contributed by atoms with Gasteiger partial charge < -0.3 is 10.6 Å². The molecule has 1 amide bonds. The zero-order valence-corrected chi connectivity index (χ0v) is 12.7. The monoisotopic (exact) mass is 342 g/mol. The maximum Gasteiger partial charge on any atom is 0.418 e. The zero-order chi connectivity index (χ0) is 16.9. The van der Waals surface area contributed by atoms with E-state index in [1.807, 2.05) is 30.3 Å². The van der Waals surface area contributed by atoms with Gasteiger partial charge in [0.25, 0.3) is 0 Å². The van der Waals surface area contributed by atoms with E-state index in [4.69, 9.17) is 11.6 Å². The number of hydrogen-bond acceptors (Lipinski definition) is 2. The molecule has 23 heavy (non-hydrogen) atoms. The summed E-state index contributed by atoms with van der Waals surface area (Å²) < 4.78 is 38.8. The summed E-state index contributed by atoms with van der Waals surface area (Å²) in [6, 6.07) is 12.6. The van der Waals surface area contributed by atoms with Crippen LogP contribution in [-0.4, -0.2) is 12.5 Å². The molecule has 0 saturated heterocycles. The van der Waals surface area contributed by atoms with Crippen molar-refractivity contribution in [3.63, 3.8) is 0 Å². The molecule has 0 saturated carbocycles. The van der Waals surface area contributed by atoms with Crippen molar-refractivity contribution >= 4 is 23.2 Å². The molecule has 2 aromatic rings. The maximum absolute atomic E-state index is 12.9. The molecular formula is C16H14ClF3N2O. The Morgan fingerprint density at radius 3 is 2.43 bits per heavy atom.